The lowest BCUT2D eigenvalue weighted by Crippen LogP contribution is -2.13. The third-order valence-electron chi connectivity index (χ3n) is 3.38. The van der Waals surface area contributed by atoms with E-state index in [0.717, 1.165) is 27.8 Å². The van der Waals surface area contributed by atoms with E-state index in [0.29, 0.717) is 12.3 Å². The molecule has 0 atom stereocenters. The number of hydrogen-bond acceptors (Lipinski definition) is 3. The molecule has 0 radical (unpaired) electrons. The van der Waals surface area contributed by atoms with Crippen LogP contribution < -0.4 is 9.46 Å². The van der Waals surface area contributed by atoms with Gasteiger partial charge in [0.2, 0.25) is 0 Å². The molecule has 0 spiro atoms. The molecule has 0 saturated heterocycles. The average Bonchev–Trinajstić information content (AvgIpc) is 2.90. The minimum Gasteiger partial charge on any atom is -0.493 e. The molecular weight excluding hydrogens is 354 g/mol. The minimum atomic E-state index is -3.59. The van der Waals surface area contributed by atoms with Crippen molar-refractivity contribution in [2.75, 3.05) is 11.3 Å². The summed E-state index contributed by atoms with van der Waals surface area (Å²) in [6.45, 7) is 2.52. The number of aryl methyl sites for hydroxylation is 1. The van der Waals surface area contributed by atoms with Crippen LogP contribution in [0, 0.1) is 6.92 Å². The highest BCUT2D eigenvalue weighted by Crippen LogP contribution is 2.29. The molecular formula is C15H14BrNO3S. The number of nitrogens with one attached hydrogen (secondary N) is 1. The number of benzene rings is 2. The van der Waals surface area contributed by atoms with Crippen LogP contribution in [0.2, 0.25) is 0 Å². The van der Waals surface area contributed by atoms with Crippen LogP contribution in [0.3, 0.4) is 0 Å². The first-order chi connectivity index (χ1) is 9.95. The lowest BCUT2D eigenvalue weighted by molar-refractivity contribution is 0.356. The zero-order valence-corrected chi connectivity index (χ0v) is 13.8. The summed E-state index contributed by atoms with van der Waals surface area (Å²) >= 11 is 3.40. The van der Waals surface area contributed by atoms with Gasteiger partial charge in [0, 0.05) is 16.6 Å². The Labute approximate surface area is 132 Å². The fraction of sp³-hybridized carbons (Fsp3) is 0.200. The smallest absolute Gasteiger partial charge is 0.261 e. The van der Waals surface area contributed by atoms with Crippen molar-refractivity contribution in [3.05, 3.63) is 52.0 Å². The Morgan fingerprint density at radius 1 is 1.19 bits per heavy atom. The molecule has 0 aliphatic carbocycles. The highest BCUT2D eigenvalue weighted by Gasteiger charge is 2.19. The predicted molar refractivity (Wildman–Crippen MR) is 85.3 cm³/mol. The van der Waals surface area contributed by atoms with Crippen molar-refractivity contribution in [3.8, 4) is 5.75 Å². The van der Waals surface area contributed by atoms with Crippen LogP contribution in [0.5, 0.6) is 5.75 Å². The van der Waals surface area contributed by atoms with Crippen molar-refractivity contribution >= 4 is 31.6 Å². The van der Waals surface area contributed by atoms with Gasteiger partial charge >= 0.3 is 0 Å². The van der Waals surface area contributed by atoms with Crippen LogP contribution in [0.1, 0.15) is 11.1 Å². The molecule has 0 aromatic heterocycles. The molecule has 4 nitrogen and oxygen atoms in total. The molecule has 21 heavy (non-hydrogen) atoms. The van der Waals surface area contributed by atoms with E-state index in [9.17, 15) is 8.42 Å². The maximum absolute atomic E-state index is 12.4. The van der Waals surface area contributed by atoms with Gasteiger partial charge < -0.3 is 4.74 Å². The van der Waals surface area contributed by atoms with Gasteiger partial charge in [-0.05, 0) is 54.4 Å². The maximum Gasteiger partial charge on any atom is 0.261 e. The van der Waals surface area contributed by atoms with Gasteiger partial charge in [-0.25, -0.2) is 8.42 Å². The summed E-state index contributed by atoms with van der Waals surface area (Å²) in [7, 11) is -3.59. The average molecular weight is 368 g/mol. The molecule has 1 heterocycles. The molecule has 1 N–H and O–H groups in total. The molecule has 0 bridgehead atoms. The summed E-state index contributed by atoms with van der Waals surface area (Å²) in [5.41, 5.74) is 2.45. The van der Waals surface area contributed by atoms with E-state index >= 15 is 0 Å². The van der Waals surface area contributed by atoms with Crippen molar-refractivity contribution < 1.29 is 13.2 Å². The first-order valence-corrected chi connectivity index (χ1v) is 8.78. The van der Waals surface area contributed by atoms with Crippen LogP contribution >= 0.6 is 15.9 Å². The Morgan fingerprint density at radius 3 is 2.76 bits per heavy atom. The molecule has 0 saturated carbocycles. The van der Waals surface area contributed by atoms with Gasteiger partial charge in [0.1, 0.15) is 5.75 Å². The molecule has 0 fully saturated rings. The van der Waals surface area contributed by atoms with E-state index in [1.165, 1.54) is 0 Å². The number of rotatable bonds is 3. The summed E-state index contributed by atoms with van der Waals surface area (Å²) in [4.78, 5) is 0.257. The second kappa shape index (κ2) is 5.35. The summed E-state index contributed by atoms with van der Waals surface area (Å²) in [6.07, 6.45) is 0.746. The maximum atomic E-state index is 12.4. The van der Waals surface area contributed by atoms with Crippen molar-refractivity contribution in [2.45, 2.75) is 18.2 Å². The van der Waals surface area contributed by atoms with Gasteiger partial charge in [0.15, 0.2) is 0 Å². The number of hydrogen-bond donors (Lipinski definition) is 1. The summed E-state index contributed by atoms with van der Waals surface area (Å²) in [5, 5.41) is 0. The first kappa shape index (κ1) is 14.4. The highest BCUT2D eigenvalue weighted by atomic mass is 79.9. The molecule has 0 amide bonds. The van der Waals surface area contributed by atoms with Crippen LogP contribution in [-0.2, 0) is 16.4 Å². The lowest BCUT2D eigenvalue weighted by Gasteiger charge is -2.10. The highest BCUT2D eigenvalue weighted by molar-refractivity contribution is 9.10. The topological polar surface area (TPSA) is 55.4 Å². The third kappa shape index (κ3) is 2.91. The van der Waals surface area contributed by atoms with Crippen molar-refractivity contribution in [3.63, 3.8) is 0 Å². The molecule has 0 unspecified atom stereocenters. The number of halogens is 1. The number of sulfonamides is 1. The van der Waals surface area contributed by atoms with Gasteiger partial charge in [0.25, 0.3) is 10.0 Å². The zero-order chi connectivity index (χ0) is 15.0. The number of fused-ring (bicyclic) bond motifs is 1. The Morgan fingerprint density at radius 2 is 2.00 bits per heavy atom. The standard InChI is InChI=1S/C15H14BrNO3S/c1-10-8-12(2-4-14(10)16)17-21(18,19)13-3-5-15-11(9-13)6-7-20-15/h2-5,8-9,17H,6-7H2,1H3. The predicted octanol–water partition coefficient (Wildman–Crippen LogP) is 3.49. The number of ether oxygens (including phenoxy) is 1. The summed E-state index contributed by atoms with van der Waals surface area (Å²) in [6, 6.07) is 10.3. The zero-order valence-electron chi connectivity index (χ0n) is 11.4. The largest absolute Gasteiger partial charge is 0.493 e. The van der Waals surface area contributed by atoms with Crippen LogP contribution in [-0.4, -0.2) is 15.0 Å². The van der Waals surface area contributed by atoms with Crippen molar-refractivity contribution in [1.29, 1.82) is 0 Å². The van der Waals surface area contributed by atoms with Gasteiger partial charge in [-0.3, -0.25) is 4.72 Å². The van der Waals surface area contributed by atoms with Crippen LogP contribution in [0.15, 0.2) is 45.8 Å². The fourth-order valence-electron chi connectivity index (χ4n) is 2.25. The Kier molecular flexibility index (Phi) is 3.67. The molecule has 2 aromatic rings. The van der Waals surface area contributed by atoms with Gasteiger partial charge in [-0.2, -0.15) is 0 Å². The second-order valence-corrected chi connectivity index (χ2v) is 7.47. The van der Waals surface area contributed by atoms with E-state index in [1.54, 1.807) is 30.3 Å². The fourth-order valence-corrected chi connectivity index (χ4v) is 3.60. The van der Waals surface area contributed by atoms with E-state index in [2.05, 4.69) is 20.7 Å². The molecule has 1 aliphatic heterocycles. The summed E-state index contributed by atoms with van der Waals surface area (Å²) in [5.74, 6) is 0.772. The molecule has 1 aliphatic rings. The van der Waals surface area contributed by atoms with E-state index in [-0.39, 0.29) is 4.90 Å². The van der Waals surface area contributed by atoms with E-state index < -0.39 is 10.0 Å². The summed E-state index contributed by atoms with van der Waals surface area (Å²) < 4.78 is 33.8. The molecule has 3 rings (SSSR count). The van der Waals surface area contributed by atoms with E-state index in [4.69, 9.17) is 4.74 Å². The van der Waals surface area contributed by atoms with Gasteiger partial charge in [-0.1, -0.05) is 15.9 Å². The second-order valence-electron chi connectivity index (χ2n) is 4.94. The van der Waals surface area contributed by atoms with E-state index in [1.807, 2.05) is 13.0 Å². The first-order valence-electron chi connectivity index (χ1n) is 6.50. The molecule has 6 heteroatoms. The Hall–Kier alpha value is -1.53. The SMILES string of the molecule is Cc1cc(NS(=O)(=O)c2ccc3c(c2)CCO3)ccc1Br. The lowest BCUT2D eigenvalue weighted by atomic mass is 10.2. The van der Waals surface area contributed by atoms with Crippen molar-refractivity contribution in [1.82, 2.24) is 0 Å². The normalized spacial score (nSPS) is 13.6. The quantitative estimate of drug-likeness (QED) is 0.902. The van der Waals surface area contributed by atoms with Gasteiger partial charge in [0.05, 0.1) is 11.5 Å². The Bertz CT molecular complexity index is 803. The Balaban J connectivity index is 1.91. The number of anilines is 1. The van der Waals surface area contributed by atoms with Crippen LogP contribution in [0.25, 0.3) is 0 Å². The third-order valence-corrected chi connectivity index (χ3v) is 5.65. The monoisotopic (exact) mass is 367 g/mol. The minimum absolute atomic E-state index is 0.257. The molecule has 2 aromatic carbocycles. The molecule has 110 valence electrons. The van der Waals surface area contributed by atoms with Gasteiger partial charge in [-0.15, -0.1) is 0 Å². The van der Waals surface area contributed by atoms with Crippen LogP contribution in [0.4, 0.5) is 5.69 Å². The van der Waals surface area contributed by atoms with Crippen molar-refractivity contribution in [2.24, 2.45) is 0 Å².